The highest BCUT2D eigenvalue weighted by Gasteiger charge is 2.32. The first-order valence-electron chi connectivity index (χ1n) is 7.49. The minimum absolute atomic E-state index is 0.117. The van der Waals surface area contributed by atoms with Crippen molar-refractivity contribution >= 4 is 11.6 Å². The summed E-state index contributed by atoms with van der Waals surface area (Å²) in [7, 11) is 0. The van der Waals surface area contributed by atoms with Gasteiger partial charge in [-0.1, -0.05) is 32.9 Å². The van der Waals surface area contributed by atoms with Crippen LogP contribution in [0, 0.1) is 11.3 Å². The van der Waals surface area contributed by atoms with Gasteiger partial charge in [0.15, 0.2) is 0 Å². The van der Waals surface area contributed by atoms with Gasteiger partial charge >= 0.3 is 0 Å². The number of nitrogens with one attached hydrogen (secondary N) is 1. The molecular weight excluding hydrogens is 248 g/mol. The zero-order chi connectivity index (χ0) is 14.8. The van der Waals surface area contributed by atoms with Crippen LogP contribution in [0.2, 0.25) is 0 Å². The minimum atomic E-state index is 0.117. The number of carbonyl (C=O) groups is 1. The van der Waals surface area contributed by atoms with E-state index in [4.69, 9.17) is 5.73 Å². The topological polar surface area (TPSA) is 55.1 Å². The number of benzene rings is 1. The number of amides is 1. The van der Waals surface area contributed by atoms with Crippen molar-refractivity contribution < 1.29 is 4.79 Å². The summed E-state index contributed by atoms with van der Waals surface area (Å²) in [4.78, 5) is 12.1. The van der Waals surface area contributed by atoms with Gasteiger partial charge in [-0.15, -0.1) is 0 Å². The van der Waals surface area contributed by atoms with E-state index in [2.05, 4.69) is 26.1 Å². The smallest absolute Gasteiger partial charge is 0.224 e. The second-order valence-electron chi connectivity index (χ2n) is 6.98. The zero-order valence-electron chi connectivity index (χ0n) is 12.8. The molecule has 1 fully saturated rings. The highest BCUT2D eigenvalue weighted by Crippen LogP contribution is 2.38. The van der Waals surface area contributed by atoms with E-state index >= 15 is 0 Å². The Kier molecular flexibility index (Phi) is 4.36. The van der Waals surface area contributed by atoms with Crippen molar-refractivity contribution in [2.75, 3.05) is 5.73 Å². The van der Waals surface area contributed by atoms with Crippen LogP contribution in [0.5, 0.6) is 0 Å². The molecule has 2 unspecified atom stereocenters. The molecule has 0 spiro atoms. The summed E-state index contributed by atoms with van der Waals surface area (Å²) in [6, 6.07) is 7.84. The van der Waals surface area contributed by atoms with E-state index in [1.807, 2.05) is 24.3 Å². The summed E-state index contributed by atoms with van der Waals surface area (Å²) < 4.78 is 0. The predicted molar refractivity (Wildman–Crippen MR) is 83.3 cm³/mol. The summed E-state index contributed by atoms with van der Waals surface area (Å²) in [5, 5.41) is 3.20. The summed E-state index contributed by atoms with van der Waals surface area (Å²) >= 11 is 0. The maximum absolute atomic E-state index is 12.1. The molecule has 3 N–H and O–H groups in total. The summed E-state index contributed by atoms with van der Waals surface area (Å²) in [6.07, 6.45) is 3.89. The lowest BCUT2D eigenvalue weighted by atomic mass is 9.70. The van der Waals surface area contributed by atoms with Gasteiger partial charge in [0, 0.05) is 11.7 Å². The van der Waals surface area contributed by atoms with Crippen molar-refractivity contribution in [1.82, 2.24) is 5.32 Å². The molecule has 1 aliphatic carbocycles. The molecule has 3 nitrogen and oxygen atoms in total. The Morgan fingerprint density at radius 3 is 2.60 bits per heavy atom. The van der Waals surface area contributed by atoms with E-state index < -0.39 is 0 Å². The molecule has 3 heteroatoms. The standard InChI is InChI=1S/C17H26N2O/c1-12-11-17(2,3)9-8-15(12)19-16(20)10-13-4-6-14(18)7-5-13/h4-7,12,15H,8-11,18H2,1-3H3,(H,19,20). The van der Waals surface area contributed by atoms with Crippen molar-refractivity contribution in [3.8, 4) is 0 Å². The number of nitrogens with two attached hydrogens (primary N) is 1. The SMILES string of the molecule is CC1CC(C)(C)CCC1NC(=O)Cc1ccc(N)cc1. The van der Waals surface area contributed by atoms with Gasteiger partial charge in [-0.25, -0.2) is 0 Å². The Hall–Kier alpha value is -1.51. The van der Waals surface area contributed by atoms with Crippen LogP contribution in [0.3, 0.4) is 0 Å². The van der Waals surface area contributed by atoms with Crippen molar-refractivity contribution in [1.29, 1.82) is 0 Å². The number of hydrogen-bond acceptors (Lipinski definition) is 2. The third-order valence-corrected chi connectivity index (χ3v) is 4.38. The third kappa shape index (κ3) is 3.99. The average molecular weight is 274 g/mol. The normalized spacial score (nSPS) is 25.1. The van der Waals surface area contributed by atoms with Crippen molar-refractivity contribution in [3.63, 3.8) is 0 Å². The first kappa shape index (κ1) is 14.9. The van der Waals surface area contributed by atoms with Crippen LogP contribution in [-0.2, 0) is 11.2 Å². The molecule has 1 aliphatic rings. The van der Waals surface area contributed by atoms with Crippen LogP contribution < -0.4 is 11.1 Å². The monoisotopic (exact) mass is 274 g/mol. The molecule has 0 bridgehead atoms. The lowest BCUT2D eigenvalue weighted by molar-refractivity contribution is -0.122. The Morgan fingerprint density at radius 2 is 2.00 bits per heavy atom. The maximum atomic E-state index is 12.1. The maximum Gasteiger partial charge on any atom is 0.224 e. The van der Waals surface area contributed by atoms with Gasteiger partial charge in [0.25, 0.3) is 0 Å². The number of anilines is 1. The fraction of sp³-hybridized carbons (Fsp3) is 0.588. The number of carbonyl (C=O) groups excluding carboxylic acids is 1. The minimum Gasteiger partial charge on any atom is -0.399 e. The van der Waals surface area contributed by atoms with E-state index in [-0.39, 0.29) is 5.91 Å². The van der Waals surface area contributed by atoms with Gasteiger partial charge < -0.3 is 11.1 Å². The quantitative estimate of drug-likeness (QED) is 0.832. The Labute approximate surface area is 121 Å². The second-order valence-corrected chi connectivity index (χ2v) is 6.98. The Morgan fingerprint density at radius 1 is 1.35 bits per heavy atom. The molecule has 0 aromatic heterocycles. The second kappa shape index (κ2) is 5.86. The van der Waals surface area contributed by atoms with E-state index in [1.54, 1.807) is 0 Å². The number of nitrogen functional groups attached to an aromatic ring is 1. The van der Waals surface area contributed by atoms with Crippen LogP contribution in [-0.4, -0.2) is 11.9 Å². The first-order chi connectivity index (χ1) is 9.35. The molecule has 0 radical (unpaired) electrons. The van der Waals surface area contributed by atoms with Crippen LogP contribution >= 0.6 is 0 Å². The number of rotatable bonds is 3. The molecular formula is C17H26N2O. The summed E-state index contributed by atoms with van der Waals surface area (Å²) in [5.41, 5.74) is 7.81. The molecule has 1 amide bonds. The van der Waals surface area contributed by atoms with E-state index in [0.29, 0.717) is 23.8 Å². The van der Waals surface area contributed by atoms with Crippen LogP contribution in [0.4, 0.5) is 5.69 Å². The predicted octanol–water partition coefficient (Wildman–Crippen LogP) is 3.14. The third-order valence-electron chi connectivity index (χ3n) is 4.38. The van der Waals surface area contributed by atoms with Crippen molar-refractivity contribution in [2.45, 2.75) is 52.5 Å². The molecule has 0 heterocycles. The molecule has 110 valence electrons. The Bertz CT molecular complexity index is 464. The summed E-state index contributed by atoms with van der Waals surface area (Å²) in [5.74, 6) is 0.667. The van der Waals surface area contributed by atoms with Crippen LogP contribution in [0.1, 0.15) is 45.6 Å². The van der Waals surface area contributed by atoms with E-state index in [9.17, 15) is 4.79 Å². The highest BCUT2D eigenvalue weighted by molar-refractivity contribution is 5.79. The van der Waals surface area contributed by atoms with Crippen LogP contribution in [0.15, 0.2) is 24.3 Å². The van der Waals surface area contributed by atoms with Crippen molar-refractivity contribution in [3.05, 3.63) is 29.8 Å². The molecule has 1 saturated carbocycles. The molecule has 1 aromatic rings. The van der Waals surface area contributed by atoms with Gasteiger partial charge in [-0.05, 0) is 48.3 Å². The lowest BCUT2D eigenvalue weighted by Crippen LogP contribution is -2.44. The lowest BCUT2D eigenvalue weighted by Gasteiger charge is -2.39. The molecule has 0 aliphatic heterocycles. The fourth-order valence-corrected chi connectivity index (χ4v) is 3.24. The van der Waals surface area contributed by atoms with Crippen LogP contribution in [0.25, 0.3) is 0 Å². The van der Waals surface area contributed by atoms with Gasteiger partial charge in [-0.3, -0.25) is 4.79 Å². The van der Waals surface area contributed by atoms with Crippen molar-refractivity contribution in [2.24, 2.45) is 11.3 Å². The molecule has 2 rings (SSSR count). The molecule has 1 aromatic carbocycles. The highest BCUT2D eigenvalue weighted by atomic mass is 16.1. The van der Waals surface area contributed by atoms with E-state index in [1.165, 1.54) is 12.8 Å². The zero-order valence-corrected chi connectivity index (χ0v) is 12.8. The summed E-state index contributed by atoms with van der Waals surface area (Å²) in [6.45, 7) is 6.88. The van der Waals surface area contributed by atoms with Gasteiger partial charge in [0.1, 0.15) is 0 Å². The average Bonchev–Trinajstić information content (AvgIpc) is 2.35. The number of hydrogen-bond donors (Lipinski definition) is 2. The van der Waals surface area contributed by atoms with Gasteiger partial charge in [0.2, 0.25) is 5.91 Å². The van der Waals surface area contributed by atoms with Gasteiger partial charge in [0.05, 0.1) is 6.42 Å². The largest absolute Gasteiger partial charge is 0.399 e. The fourth-order valence-electron chi connectivity index (χ4n) is 3.24. The molecule has 20 heavy (non-hydrogen) atoms. The first-order valence-corrected chi connectivity index (χ1v) is 7.49. The molecule has 0 saturated heterocycles. The molecule has 2 atom stereocenters. The van der Waals surface area contributed by atoms with Gasteiger partial charge in [-0.2, -0.15) is 0 Å². The van der Waals surface area contributed by atoms with E-state index in [0.717, 1.165) is 17.7 Å². The Balaban J connectivity index is 1.87.